The molecule has 0 radical (unpaired) electrons. The number of carboxylic acids is 1. The van der Waals surface area contributed by atoms with Crippen LogP contribution in [0.2, 0.25) is 0 Å². The number of nitriles is 2. The highest BCUT2D eigenvalue weighted by Gasteiger charge is 2.20. The molecule has 3 aromatic heterocycles. The van der Waals surface area contributed by atoms with Gasteiger partial charge in [-0.2, -0.15) is 15.6 Å². The van der Waals surface area contributed by atoms with Crippen molar-refractivity contribution in [2.45, 2.75) is 26.8 Å². The Kier molecular flexibility index (Phi) is 5.07. The molecular weight excluding hydrogens is 370 g/mol. The maximum atomic E-state index is 10.9. The minimum absolute atomic E-state index is 0.0451. The summed E-state index contributed by atoms with van der Waals surface area (Å²) in [6, 6.07) is 7.63. The van der Waals surface area contributed by atoms with Crippen LogP contribution in [0.15, 0.2) is 18.3 Å². The zero-order chi connectivity index (χ0) is 21.3. The van der Waals surface area contributed by atoms with Gasteiger partial charge in [0, 0.05) is 35.6 Å². The summed E-state index contributed by atoms with van der Waals surface area (Å²) in [6.07, 6.45) is 1.71. The average Bonchev–Trinajstić information content (AvgIpc) is 3.18. The highest BCUT2D eigenvalue weighted by molar-refractivity contribution is 5.81. The largest absolute Gasteiger partial charge is 0.481 e. The number of aromatic nitrogens is 4. The summed E-state index contributed by atoms with van der Waals surface area (Å²) in [5.74, 6) is -0.820. The van der Waals surface area contributed by atoms with E-state index in [1.807, 2.05) is 13.8 Å². The molecule has 0 spiro atoms. The van der Waals surface area contributed by atoms with Crippen molar-refractivity contribution < 1.29 is 9.90 Å². The van der Waals surface area contributed by atoms with Gasteiger partial charge >= 0.3 is 5.97 Å². The topological polar surface area (TPSA) is 147 Å². The maximum absolute atomic E-state index is 10.9. The van der Waals surface area contributed by atoms with E-state index in [9.17, 15) is 15.3 Å². The lowest BCUT2D eigenvalue weighted by Crippen LogP contribution is -2.07. The van der Waals surface area contributed by atoms with E-state index in [0.29, 0.717) is 28.2 Å². The molecule has 0 aliphatic heterocycles. The van der Waals surface area contributed by atoms with Crippen molar-refractivity contribution in [1.82, 2.24) is 19.3 Å². The summed E-state index contributed by atoms with van der Waals surface area (Å²) in [4.78, 5) is 15.3. The van der Waals surface area contributed by atoms with E-state index < -0.39 is 5.97 Å². The van der Waals surface area contributed by atoms with Crippen molar-refractivity contribution in [2.75, 3.05) is 5.73 Å². The molecule has 0 fully saturated rings. The predicted molar refractivity (Wildman–Crippen MR) is 105 cm³/mol. The van der Waals surface area contributed by atoms with Crippen LogP contribution in [0.3, 0.4) is 0 Å². The Labute approximate surface area is 167 Å². The summed E-state index contributed by atoms with van der Waals surface area (Å²) in [6.45, 7) is 3.89. The predicted octanol–water partition coefficient (Wildman–Crippen LogP) is 2.37. The number of hydrogen-bond acceptors (Lipinski definition) is 6. The average molecular weight is 389 g/mol. The van der Waals surface area contributed by atoms with Gasteiger partial charge in [-0.05, 0) is 26.0 Å². The Morgan fingerprint density at radius 1 is 1.28 bits per heavy atom. The van der Waals surface area contributed by atoms with E-state index in [1.165, 1.54) is 0 Å². The van der Waals surface area contributed by atoms with Gasteiger partial charge in [-0.15, -0.1) is 0 Å². The normalized spacial score (nSPS) is 10.5. The number of nitrogen functional groups attached to an aromatic ring is 1. The van der Waals surface area contributed by atoms with E-state index in [1.54, 1.807) is 34.6 Å². The fourth-order valence-electron chi connectivity index (χ4n) is 3.35. The third-order valence-electron chi connectivity index (χ3n) is 4.76. The molecule has 3 N–H and O–H groups in total. The summed E-state index contributed by atoms with van der Waals surface area (Å²) in [5.41, 5.74) is 10.7. The van der Waals surface area contributed by atoms with Gasteiger partial charge in [-0.1, -0.05) is 0 Å². The molecule has 146 valence electrons. The molecule has 3 heterocycles. The van der Waals surface area contributed by atoms with Crippen LogP contribution in [-0.4, -0.2) is 30.4 Å². The second-order valence-electron chi connectivity index (χ2n) is 6.68. The Balaban J connectivity index is 2.18. The molecule has 0 saturated carbocycles. The fraction of sp³-hybridized carbons (Fsp3) is 0.250. The van der Waals surface area contributed by atoms with Gasteiger partial charge in [0.05, 0.1) is 24.4 Å². The number of rotatable bonds is 5. The highest BCUT2D eigenvalue weighted by Crippen LogP contribution is 2.34. The smallest absolute Gasteiger partial charge is 0.305 e. The number of nitrogens with zero attached hydrogens (tertiary/aromatic N) is 6. The molecule has 0 aliphatic carbocycles. The monoisotopic (exact) mass is 389 g/mol. The lowest BCUT2D eigenvalue weighted by Gasteiger charge is -2.10. The first-order valence-electron chi connectivity index (χ1n) is 8.80. The summed E-state index contributed by atoms with van der Waals surface area (Å²) in [7, 11) is 1.75. The molecule has 3 aromatic rings. The first kappa shape index (κ1) is 19.6. The second kappa shape index (κ2) is 7.49. The lowest BCUT2D eigenvalue weighted by atomic mass is 9.99. The molecule has 0 unspecified atom stereocenters. The van der Waals surface area contributed by atoms with Crippen molar-refractivity contribution in [3.05, 3.63) is 41.0 Å². The van der Waals surface area contributed by atoms with Crippen LogP contribution in [0.4, 0.5) is 5.82 Å². The molecule has 0 atom stereocenters. The fourth-order valence-corrected chi connectivity index (χ4v) is 3.35. The third kappa shape index (κ3) is 3.54. The van der Waals surface area contributed by atoms with E-state index >= 15 is 0 Å². The number of pyridine rings is 1. The van der Waals surface area contributed by atoms with Gasteiger partial charge in [0.15, 0.2) is 0 Å². The number of carboxylic acid groups (broad SMARTS) is 1. The number of aliphatic carboxylic acids is 1. The number of nitrogens with two attached hydrogens (primary N) is 1. The quantitative estimate of drug-likeness (QED) is 0.681. The molecular formula is C20H19N7O2. The molecule has 9 nitrogen and oxygen atoms in total. The SMILES string of the molecule is Cc1nn(CCC(=O)O)c(C)c1-c1cc(-c2cc(C#N)n(C)c2)c(C#N)c(N)n1. The molecule has 9 heteroatoms. The van der Waals surface area contributed by atoms with E-state index in [4.69, 9.17) is 10.8 Å². The first-order chi connectivity index (χ1) is 13.8. The molecule has 3 rings (SSSR count). The van der Waals surface area contributed by atoms with Crippen LogP contribution >= 0.6 is 0 Å². The number of anilines is 1. The Bertz CT molecular complexity index is 1210. The van der Waals surface area contributed by atoms with Crippen molar-refractivity contribution >= 4 is 11.8 Å². The van der Waals surface area contributed by atoms with Crippen molar-refractivity contribution in [3.63, 3.8) is 0 Å². The zero-order valence-electron chi connectivity index (χ0n) is 16.3. The van der Waals surface area contributed by atoms with E-state index in [0.717, 1.165) is 11.3 Å². The molecule has 0 aliphatic rings. The second-order valence-corrected chi connectivity index (χ2v) is 6.68. The van der Waals surface area contributed by atoms with E-state index in [-0.39, 0.29) is 24.3 Å². The zero-order valence-corrected chi connectivity index (χ0v) is 16.3. The summed E-state index contributed by atoms with van der Waals surface area (Å²) < 4.78 is 3.30. The van der Waals surface area contributed by atoms with Gasteiger partial charge < -0.3 is 15.4 Å². The first-order valence-corrected chi connectivity index (χ1v) is 8.80. The number of hydrogen-bond donors (Lipinski definition) is 2. The van der Waals surface area contributed by atoms with Gasteiger partial charge in [0.2, 0.25) is 0 Å². The van der Waals surface area contributed by atoms with E-state index in [2.05, 4.69) is 22.2 Å². The molecule has 0 saturated heterocycles. The molecule has 0 bridgehead atoms. The lowest BCUT2D eigenvalue weighted by molar-refractivity contribution is -0.137. The molecule has 0 aromatic carbocycles. The van der Waals surface area contributed by atoms with Gasteiger partial charge in [-0.3, -0.25) is 9.48 Å². The van der Waals surface area contributed by atoms with Gasteiger partial charge in [0.25, 0.3) is 0 Å². The third-order valence-corrected chi connectivity index (χ3v) is 4.76. The van der Waals surface area contributed by atoms with Crippen LogP contribution < -0.4 is 5.73 Å². The van der Waals surface area contributed by atoms with Crippen LogP contribution in [0.25, 0.3) is 22.4 Å². The van der Waals surface area contributed by atoms with Gasteiger partial charge in [-0.25, -0.2) is 4.98 Å². The summed E-state index contributed by atoms with van der Waals surface area (Å²) >= 11 is 0. The Morgan fingerprint density at radius 2 is 2.00 bits per heavy atom. The Morgan fingerprint density at radius 3 is 2.59 bits per heavy atom. The number of carbonyl (C=O) groups is 1. The molecule has 29 heavy (non-hydrogen) atoms. The van der Waals surface area contributed by atoms with Crippen molar-refractivity contribution in [1.29, 1.82) is 10.5 Å². The van der Waals surface area contributed by atoms with Crippen LogP contribution in [0.5, 0.6) is 0 Å². The molecule has 0 amide bonds. The highest BCUT2D eigenvalue weighted by atomic mass is 16.4. The standard InChI is InChI=1S/C20H19N7O2/c1-11-19(12(2)27(25-11)5-4-18(28)29)17-7-15(16(9-22)20(23)24-17)13-6-14(8-21)26(3)10-13/h6-7,10H,4-5H2,1-3H3,(H2,23,24)(H,28,29). The van der Waals surface area contributed by atoms with Crippen LogP contribution in [0.1, 0.15) is 29.1 Å². The van der Waals surface area contributed by atoms with Gasteiger partial charge in [0.1, 0.15) is 29.2 Å². The Hall–Kier alpha value is -4.11. The van der Waals surface area contributed by atoms with Crippen LogP contribution in [0, 0.1) is 36.5 Å². The minimum Gasteiger partial charge on any atom is -0.481 e. The summed E-state index contributed by atoms with van der Waals surface area (Å²) in [5, 5.41) is 32.2. The number of aryl methyl sites for hydroxylation is 3. The van der Waals surface area contributed by atoms with Crippen molar-refractivity contribution in [3.8, 4) is 34.5 Å². The van der Waals surface area contributed by atoms with Crippen molar-refractivity contribution in [2.24, 2.45) is 7.05 Å². The maximum Gasteiger partial charge on any atom is 0.305 e. The minimum atomic E-state index is -0.903. The van der Waals surface area contributed by atoms with Crippen LogP contribution in [-0.2, 0) is 18.4 Å².